The average Bonchev–Trinajstić information content (AvgIpc) is 2.21. The van der Waals surface area contributed by atoms with Crippen molar-refractivity contribution >= 4 is 11.7 Å². The van der Waals surface area contributed by atoms with E-state index in [0.29, 0.717) is 0 Å². The first kappa shape index (κ1) is 9.74. The molecule has 0 aliphatic heterocycles. The maximum Gasteiger partial charge on any atom is 0.376 e. The number of hydrogen-bond donors (Lipinski definition) is 1. The van der Waals surface area contributed by atoms with E-state index in [0.717, 1.165) is 0 Å². The molecule has 1 rings (SSSR count). The fourth-order valence-corrected chi connectivity index (χ4v) is 0.753. The second-order valence-electron chi connectivity index (χ2n) is 2.26. The van der Waals surface area contributed by atoms with Crippen LogP contribution in [0.25, 0.3) is 0 Å². The van der Waals surface area contributed by atoms with Gasteiger partial charge < -0.3 is 9.94 Å². The summed E-state index contributed by atoms with van der Waals surface area (Å²) in [5, 5.41) is 19.1. The number of carbonyl (C=O) groups excluding carboxylic acids is 1. The quantitative estimate of drug-likeness (QED) is 0.247. The van der Waals surface area contributed by atoms with E-state index in [1.165, 1.54) is 6.07 Å². The number of rotatable bonds is 2. The van der Waals surface area contributed by atoms with Crippen molar-refractivity contribution in [1.82, 2.24) is 0 Å². The Hall–Kier alpha value is -2.35. The van der Waals surface area contributed by atoms with E-state index in [4.69, 9.17) is 15.2 Å². The highest BCUT2D eigenvalue weighted by Gasteiger charge is 2.13. The van der Waals surface area contributed by atoms with Gasteiger partial charge in [0.15, 0.2) is 0 Å². The summed E-state index contributed by atoms with van der Waals surface area (Å²) in [6, 6.07) is 9.58. The van der Waals surface area contributed by atoms with Crippen LogP contribution in [0.1, 0.15) is 0 Å². The van der Waals surface area contributed by atoms with Crippen LogP contribution in [-0.4, -0.2) is 16.9 Å². The van der Waals surface area contributed by atoms with Gasteiger partial charge in [0.1, 0.15) is 11.8 Å². The molecular formula is C9H6N2O3. The smallest absolute Gasteiger partial charge is 0.376 e. The summed E-state index contributed by atoms with van der Waals surface area (Å²) in [4.78, 5) is 11.0. The van der Waals surface area contributed by atoms with Gasteiger partial charge in [-0.25, -0.2) is 4.79 Å². The van der Waals surface area contributed by atoms with Gasteiger partial charge in [-0.2, -0.15) is 5.26 Å². The molecule has 0 aliphatic carbocycles. The van der Waals surface area contributed by atoms with Gasteiger partial charge in [0.25, 0.3) is 5.71 Å². The molecule has 1 N–H and O–H groups in total. The third-order valence-corrected chi connectivity index (χ3v) is 1.35. The Labute approximate surface area is 79.8 Å². The second kappa shape index (κ2) is 4.62. The number of para-hydroxylation sites is 1. The maximum absolute atomic E-state index is 11.0. The Morgan fingerprint density at radius 1 is 1.43 bits per heavy atom. The molecule has 0 fully saturated rings. The van der Waals surface area contributed by atoms with Crippen molar-refractivity contribution in [2.24, 2.45) is 5.16 Å². The Morgan fingerprint density at radius 2 is 2.07 bits per heavy atom. The minimum absolute atomic E-state index is 0.286. The van der Waals surface area contributed by atoms with Crippen molar-refractivity contribution in [3.05, 3.63) is 30.3 Å². The normalized spacial score (nSPS) is 10.4. The zero-order chi connectivity index (χ0) is 10.4. The molecule has 0 saturated carbocycles. The zero-order valence-corrected chi connectivity index (χ0v) is 7.04. The molecule has 0 saturated heterocycles. The molecule has 0 atom stereocenters. The number of hydrogen-bond acceptors (Lipinski definition) is 5. The monoisotopic (exact) mass is 190 g/mol. The van der Waals surface area contributed by atoms with E-state index >= 15 is 0 Å². The Balaban J connectivity index is 2.73. The summed E-state index contributed by atoms with van der Waals surface area (Å²) in [6.07, 6.45) is 0. The van der Waals surface area contributed by atoms with E-state index in [1.54, 1.807) is 30.3 Å². The predicted octanol–water partition coefficient (Wildman–Crippen LogP) is 0.946. The van der Waals surface area contributed by atoms with Gasteiger partial charge in [0.05, 0.1) is 0 Å². The molecule has 5 heteroatoms. The van der Waals surface area contributed by atoms with Crippen LogP contribution in [-0.2, 0) is 4.79 Å². The summed E-state index contributed by atoms with van der Waals surface area (Å²) < 4.78 is 4.71. The van der Waals surface area contributed by atoms with Crippen LogP contribution in [0.2, 0.25) is 0 Å². The molecule has 0 bridgehead atoms. The number of oxime groups is 1. The zero-order valence-electron chi connectivity index (χ0n) is 7.04. The largest absolute Gasteiger partial charge is 0.421 e. The number of nitriles is 1. The first-order valence-electron chi connectivity index (χ1n) is 3.67. The molecule has 0 heterocycles. The van der Waals surface area contributed by atoms with Crippen LogP contribution in [0.5, 0.6) is 5.75 Å². The molecule has 1 aromatic carbocycles. The lowest BCUT2D eigenvalue weighted by atomic mass is 10.3. The van der Waals surface area contributed by atoms with Crippen LogP contribution >= 0.6 is 0 Å². The van der Waals surface area contributed by atoms with E-state index in [-0.39, 0.29) is 5.75 Å². The van der Waals surface area contributed by atoms with Crippen molar-refractivity contribution in [3.63, 3.8) is 0 Å². The number of ether oxygens (including phenoxy) is 1. The molecule has 0 spiro atoms. The van der Waals surface area contributed by atoms with E-state index in [1.807, 2.05) is 0 Å². The van der Waals surface area contributed by atoms with Crippen LogP contribution < -0.4 is 4.74 Å². The van der Waals surface area contributed by atoms with Crippen molar-refractivity contribution in [1.29, 1.82) is 5.26 Å². The van der Waals surface area contributed by atoms with Crippen LogP contribution in [0.15, 0.2) is 35.5 Å². The fourth-order valence-electron chi connectivity index (χ4n) is 0.753. The lowest BCUT2D eigenvalue weighted by molar-refractivity contribution is -0.126. The Morgan fingerprint density at radius 3 is 2.57 bits per heavy atom. The summed E-state index contributed by atoms with van der Waals surface area (Å²) >= 11 is 0. The van der Waals surface area contributed by atoms with Crippen molar-refractivity contribution < 1.29 is 14.7 Å². The number of nitrogens with zero attached hydrogens (tertiary/aromatic N) is 2. The summed E-state index contributed by atoms with van der Waals surface area (Å²) in [5.74, 6) is -0.699. The van der Waals surface area contributed by atoms with Gasteiger partial charge in [-0.05, 0) is 12.1 Å². The Kier molecular flexibility index (Phi) is 3.21. The SMILES string of the molecule is N#CC(=NO)C(=O)Oc1ccccc1. The molecule has 0 radical (unpaired) electrons. The lowest BCUT2D eigenvalue weighted by Gasteiger charge is -1.99. The predicted molar refractivity (Wildman–Crippen MR) is 46.9 cm³/mol. The lowest BCUT2D eigenvalue weighted by Crippen LogP contribution is -2.18. The molecule has 1 aromatic rings. The maximum atomic E-state index is 11.0. The number of carbonyl (C=O) groups is 1. The minimum Gasteiger partial charge on any atom is -0.421 e. The molecular weight excluding hydrogens is 184 g/mol. The topological polar surface area (TPSA) is 82.7 Å². The minimum atomic E-state index is -0.985. The summed E-state index contributed by atoms with van der Waals surface area (Å²) in [5.41, 5.74) is -0.686. The molecule has 0 unspecified atom stereocenters. The van der Waals surface area contributed by atoms with Crippen LogP contribution in [0.3, 0.4) is 0 Å². The number of esters is 1. The molecule has 14 heavy (non-hydrogen) atoms. The van der Waals surface area contributed by atoms with Crippen molar-refractivity contribution in [3.8, 4) is 11.8 Å². The van der Waals surface area contributed by atoms with Gasteiger partial charge in [-0.3, -0.25) is 0 Å². The van der Waals surface area contributed by atoms with Crippen LogP contribution in [0, 0.1) is 11.3 Å². The third-order valence-electron chi connectivity index (χ3n) is 1.35. The standard InChI is InChI=1S/C9H6N2O3/c10-6-8(11-13)9(12)14-7-4-2-1-3-5-7/h1-5,13H. The van der Waals surface area contributed by atoms with Crippen molar-refractivity contribution in [2.75, 3.05) is 0 Å². The first-order chi connectivity index (χ1) is 6.77. The third kappa shape index (κ3) is 2.32. The van der Waals surface area contributed by atoms with Gasteiger partial charge in [0, 0.05) is 0 Å². The summed E-state index contributed by atoms with van der Waals surface area (Å²) in [7, 11) is 0. The molecule has 70 valence electrons. The molecule has 0 aliphatic rings. The second-order valence-corrected chi connectivity index (χ2v) is 2.26. The van der Waals surface area contributed by atoms with E-state index < -0.39 is 11.7 Å². The average molecular weight is 190 g/mol. The highest BCUT2D eigenvalue weighted by atomic mass is 16.5. The van der Waals surface area contributed by atoms with Gasteiger partial charge in [-0.15, -0.1) is 0 Å². The fraction of sp³-hybridized carbons (Fsp3) is 0. The Bertz CT molecular complexity index is 392. The van der Waals surface area contributed by atoms with Crippen molar-refractivity contribution in [2.45, 2.75) is 0 Å². The van der Waals surface area contributed by atoms with E-state index in [9.17, 15) is 4.79 Å². The van der Waals surface area contributed by atoms with E-state index in [2.05, 4.69) is 5.16 Å². The van der Waals surface area contributed by atoms with Gasteiger partial charge >= 0.3 is 5.97 Å². The molecule has 5 nitrogen and oxygen atoms in total. The molecule has 0 amide bonds. The highest BCUT2D eigenvalue weighted by Crippen LogP contribution is 2.08. The number of benzene rings is 1. The van der Waals surface area contributed by atoms with Crippen LogP contribution in [0.4, 0.5) is 0 Å². The highest BCUT2D eigenvalue weighted by molar-refractivity contribution is 6.43. The molecule has 0 aromatic heterocycles. The van der Waals surface area contributed by atoms with Gasteiger partial charge in [0.2, 0.25) is 0 Å². The van der Waals surface area contributed by atoms with Gasteiger partial charge in [-0.1, -0.05) is 23.4 Å². The summed E-state index contributed by atoms with van der Waals surface area (Å²) in [6.45, 7) is 0. The first-order valence-corrected chi connectivity index (χ1v) is 3.67.